The summed E-state index contributed by atoms with van der Waals surface area (Å²) >= 11 is 0. The van der Waals surface area contributed by atoms with E-state index in [2.05, 4.69) is 17.4 Å². The molecule has 1 rings (SSSR count). The molecule has 0 heterocycles. The predicted octanol–water partition coefficient (Wildman–Crippen LogP) is 2.19. The third-order valence-corrected chi connectivity index (χ3v) is 2.47. The number of rotatable bonds is 6. The van der Waals surface area contributed by atoms with Crippen LogP contribution in [0.15, 0.2) is 30.3 Å². The molecule has 15 heavy (non-hydrogen) atoms. The van der Waals surface area contributed by atoms with Crippen molar-refractivity contribution in [2.45, 2.75) is 32.7 Å². The van der Waals surface area contributed by atoms with Gasteiger partial charge in [0.15, 0.2) is 0 Å². The minimum atomic E-state index is -0.0256. The lowest BCUT2D eigenvalue weighted by atomic mass is 10.0. The van der Waals surface area contributed by atoms with Crippen molar-refractivity contribution >= 4 is 5.78 Å². The van der Waals surface area contributed by atoms with E-state index in [0.29, 0.717) is 12.2 Å². The summed E-state index contributed by atoms with van der Waals surface area (Å²) in [5, 5.41) is 3.23. The van der Waals surface area contributed by atoms with Gasteiger partial charge in [-0.3, -0.25) is 4.79 Å². The van der Waals surface area contributed by atoms with Crippen molar-refractivity contribution in [1.82, 2.24) is 5.32 Å². The van der Waals surface area contributed by atoms with Gasteiger partial charge >= 0.3 is 0 Å². The molecule has 0 fully saturated rings. The second-order valence-corrected chi connectivity index (χ2v) is 3.62. The van der Waals surface area contributed by atoms with E-state index in [1.165, 1.54) is 5.56 Å². The quantitative estimate of drug-likeness (QED) is 0.771. The molecule has 1 aromatic rings. The summed E-state index contributed by atoms with van der Waals surface area (Å²) in [7, 11) is 0. The summed E-state index contributed by atoms with van der Waals surface area (Å²) in [6.45, 7) is 4.78. The summed E-state index contributed by atoms with van der Waals surface area (Å²) in [6, 6.07) is 10.1. The van der Waals surface area contributed by atoms with Gasteiger partial charge in [0.25, 0.3) is 0 Å². The Labute approximate surface area is 91.7 Å². The maximum Gasteiger partial charge on any atom is 0.149 e. The molecule has 2 heteroatoms. The van der Waals surface area contributed by atoms with Gasteiger partial charge < -0.3 is 5.32 Å². The molecule has 0 saturated carbocycles. The van der Waals surface area contributed by atoms with Crippen LogP contribution in [0.1, 0.15) is 25.8 Å². The standard InChI is InChI=1S/C13H19NO/c1-3-13(15)12(14-4-2)10-11-8-6-5-7-9-11/h5-9,12,14H,3-4,10H2,1-2H3/t12-/m0/s1. The second kappa shape index (κ2) is 6.36. The molecule has 0 aliphatic carbocycles. The van der Waals surface area contributed by atoms with Gasteiger partial charge in [0.1, 0.15) is 5.78 Å². The van der Waals surface area contributed by atoms with Gasteiger partial charge in [-0.15, -0.1) is 0 Å². The zero-order chi connectivity index (χ0) is 11.1. The van der Waals surface area contributed by atoms with Gasteiger partial charge in [-0.25, -0.2) is 0 Å². The number of nitrogens with one attached hydrogen (secondary N) is 1. The van der Waals surface area contributed by atoms with Crippen LogP contribution in [0.4, 0.5) is 0 Å². The highest BCUT2D eigenvalue weighted by Crippen LogP contribution is 2.05. The van der Waals surface area contributed by atoms with Crippen molar-refractivity contribution < 1.29 is 4.79 Å². The molecule has 0 amide bonds. The number of hydrogen-bond donors (Lipinski definition) is 1. The van der Waals surface area contributed by atoms with Crippen molar-refractivity contribution in [1.29, 1.82) is 0 Å². The first-order valence-electron chi connectivity index (χ1n) is 5.58. The fraction of sp³-hybridized carbons (Fsp3) is 0.462. The summed E-state index contributed by atoms with van der Waals surface area (Å²) < 4.78 is 0. The molecule has 2 nitrogen and oxygen atoms in total. The first kappa shape index (κ1) is 11.9. The van der Waals surface area contributed by atoms with Crippen LogP contribution in [0.25, 0.3) is 0 Å². The summed E-state index contributed by atoms with van der Waals surface area (Å²) in [6.07, 6.45) is 1.39. The molecule has 0 spiro atoms. The van der Waals surface area contributed by atoms with Crippen LogP contribution < -0.4 is 5.32 Å². The third-order valence-electron chi connectivity index (χ3n) is 2.47. The molecule has 0 aromatic heterocycles. The fourth-order valence-electron chi connectivity index (χ4n) is 1.64. The van der Waals surface area contributed by atoms with Gasteiger partial charge in [0.05, 0.1) is 6.04 Å². The summed E-state index contributed by atoms with van der Waals surface area (Å²) in [5.74, 6) is 0.292. The van der Waals surface area contributed by atoms with E-state index >= 15 is 0 Å². The molecule has 0 aliphatic heterocycles. The lowest BCUT2D eigenvalue weighted by Gasteiger charge is -2.15. The predicted molar refractivity (Wildman–Crippen MR) is 62.9 cm³/mol. The molecule has 1 aromatic carbocycles. The van der Waals surface area contributed by atoms with Crippen molar-refractivity contribution in [2.75, 3.05) is 6.54 Å². The van der Waals surface area contributed by atoms with Crippen LogP contribution in [0, 0.1) is 0 Å². The molecule has 0 unspecified atom stereocenters. The normalized spacial score (nSPS) is 12.4. The van der Waals surface area contributed by atoms with Crippen LogP contribution >= 0.6 is 0 Å². The number of carbonyl (C=O) groups excluding carboxylic acids is 1. The van der Waals surface area contributed by atoms with Gasteiger partial charge in [0.2, 0.25) is 0 Å². The van der Waals surface area contributed by atoms with Crippen LogP contribution in [-0.4, -0.2) is 18.4 Å². The Kier molecular flexibility index (Phi) is 5.05. The van der Waals surface area contributed by atoms with Crippen LogP contribution in [0.5, 0.6) is 0 Å². The zero-order valence-electron chi connectivity index (χ0n) is 9.49. The highest BCUT2D eigenvalue weighted by atomic mass is 16.1. The highest BCUT2D eigenvalue weighted by molar-refractivity contribution is 5.84. The van der Waals surface area contributed by atoms with E-state index in [9.17, 15) is 4.79 Å². The molecule has 0 radical (unpaired) electrons. The van der Waals surface area contributed by atoms with Gasteiger partial charge in [0, 0.05) is 6.42 Å². The first-order chi connectivity index (χ1) is 7.27. The third kappa shape index (κ3) is 3.84. The number of likely N-dealkylation sites (N-methyl/N-ethyl adjacent to an activating group) is 1. The average Bonchev–Trinajstić information content (AvgIpc) is 2.29. The molecular formula is C13H19NO. The van der Waals surface area contributed by atoms with Crippen molar-refractivity contribution in [2.24, 2.45) is 0 Å². The smallest absolute Gasteiger partial charge is 0.149 e. The van der Waals surface area contributed by atoms with Crippen molar-refractivity contribution in [3.05, 3.63) is 35.9 Å². The van der Waals surface area contributed by atoms with Crippen LogP contribution in [-0.2, 0) is 11.2 Å². The van der Waals surface area contributed by atoms with E-state index < -0.39 is 0 Å². The SMILES string of the molecule is CCN[C@@H](Cc1ccccc1)C(=O)CC. The van der Waals surface area contributed by atoms with E-state index in [1.54, 1.807) is 0 Å². The van der Waals surface area contributed by atoms with Crippen molar-refractivity contribution in [3.8, 4) is 0 Å². The lowest BCUT2D eigenvalue weighted by Crippen LogP contribution is -2.38. The lowest BCUT2D eigenvalue weighted by molar-refractivity contribution is -0.120. The average molecular weight is 205 g/mol. The Morgan fingerprint density at radius 1 is 1.27 bits per heavy atom. The second-order valence-electron chi connectivity index (χ2n) is 3.62. The summed E-state index contributed by atoms with van der Waals surface area (Å²) in [5.41, 5.74) is 1.21. The Morgan fingerprint density at radius 2 is 1.93 bits per heavy atom. The van der Waals surface area contributed by atoms with E-state index in [4.69, 9.17) is 0 Å². The maximum atomic E-state index is 11.6. The molecule has 1 N–H and O–H groups in total. The van der Waals surface area contributed by atoms with Crippen molar-refractivity contribution in [3.63, 3.8) is 0 Å². The largest absolute Gasteiger partial charge is 0.307 e. The molecule has 1 atom stereocenters. The van der Waals surface area contributed by atoms with E-state index in [1.807, 2.05) is 32.0 Å². The van der Waals surface area contributed by atoms with Crippen LogP contribution in [0.2, 0.25) is 0 Å². The van der Waals surface area contributed by atoms with Crippen LogP contribution in [0.3, 0.4) is 0 Å². The molecule has 82 valence electrons. The Morgan fingerprint density at radius 3 is 2.47 bits per heavy atom. The molecule has 0 bridgehead atoms. The molecule has 0 saturated heterocycles. The minimum absolute atomic E-state index is 0.0256. The molecule has 0 aliphatic rings. The number of carbonyl (C=O) groups is 1. The Balaban J connectivity index is 2.62. The zero-order valence-corrected chi connectivity index (χ0v) is 9.49. The number of Topliss-reactive ketones (excluding diaryl/α,β-unsaturated/α-hetero) is 1. The van der Waals surface area contributed by atoms with E-state index in [-0.39, 0.29) is 6.04 Å². The molecular weight excluding hydrogens is 186 g/mol. The Hall–Kier alpha value is -1.15. The van der Waals surface area contributed by atoms with Gasteiger partial charge in [-0.1, -0.05) is 44.2 Å². The van der Waals surface area contributed by atoms with Gasteiger partial charge in [-0.05, 0) is 18.5 Å². The fourth-order valence-corrected chi connectivity index (χ4v) is 1.64. The topological polar surface area (TPSA) is 29.1 Å². The summed E-state index contributed by atoms with van der Waals surface area (Å²) in [4.78, 5) is 11.6. The van der Waals surface area contributed by atoms with Gasteiger partial charge in [-0.2, -0.15) is 0 Å². The number of hydrogen-bond acceptors (Lipinski definition) is 2. The highest BCUT2D eigenvalue weighted by Gasteiger charge is 2.15. The minimum Gasteiger partial charge on any atom is -0.307 e. The first-order valence-corrected chi connectivity index (χ1v) is 5.58. The van der Waals surface area contributed by atoms with E-state index in [0.717, 1.165) is 13.0 Å². The monoisotopic (exact) mass is 205 g/mol. The number of benzene rings is 1. The number of ketones is 1. The maximum absolute atomic E-state index is 11.6. The Bertz CT molecular complexity index is 295.